The second kappa shape index (κ2) is 6.15. The van der Waals surface area contributed by atoms with E-state index in [0.717, 1.165) is 12.1 Å². The first kappa shape index (κ1) is 15.3. The Balaban J connectivity index is 2.15. The van der Waals surface area contributed by atoms with E-state index in [1.54, 1.807) is 12.1 Å². The smallest absolute Gasteiger partial charge is 0.243 e. The molecule has 1 aromatic carbocycles. The van der Waals surface area contributed by atoms with Gasteiger partial charge in [-0.05, 0) is 23.8 Å². The van der Waals surface area contributed by atoms with Crippen molar-refractivity contribution in [1.29, 1.82) is 0 Å². The van der Waals surface area contributed by atoms with Crippen LogP contribution in [0.15, 0.2) is 41.4 Å². The lowest BCUT2D eigenvalue weighted by molar-refractivity contribution is 0.397. The van der Waals surface area contributed by atoms with Crippen LogP contribution < -0.4 is 9.46 Å². The third-order valence-corrected chi connectivity index (χ3v) is 4.07. The maximum Gasteiger partial charge on any atom is 0.243 e. The molecule has 1 aromatic heterocycles. The second-order valence-electron chi connectivity index (χ2n) is 4.11. The molecule has 0 bridgehead atoms. The fraction of sp³-hybridized carbons (Fsp3) is 0.154. The van der Waals surface area contributed by atoms with E-state index in [1.807, 2.05) is 0 Å². The lowest BCUT2D eigenvalue weighted by Gasteiger charge is -2.08. The quantitative estimate of drug-likeness (QED) is 0.914. The summed E-state index contributed by atoms with van der Waals surface area (Å²) in [7, 11) is -2.70. The van der Waals surface area contributed by atoms with Crippen LogP contribution in [0.1, 0.15) is 5.56 Å². The molecule has 8 heteroatoms. The van der Waals surface area contributed by atoms with Crippen LogP contribution in [0.2, 0.25) is 0 Å². The van der Waals surface area contributed by atoms with E-state index in [-0.39, 0.29) is 6.54 Å². The van der Waals surface area contributed by atoms with Gasteiger partial charge in [0.25, 0.3) is 0 Å². The van der Waals surface area contributed by atoms with Crippen LogP contribution in [-0.4, -0.2) is 20.5 Å². The molecule has 1 heterocycles. The molecule has 0 aliphatic heterocycles. The van der Waals surface area contributed by atoms with E-state index in [2.05, 4.69) is 9.71 Å². The van der Waals surface area contributed by atoms with Gasteiger partial charge in [0.1, 0.15) is 16.5 Å². The zero-order valence-electron chi connectivity index (χ0n) is 11.0. The molecule has 2 aromatic rings. The van der Waals surface area contributed by atoms with Crippen molar-refractivity contribution in [3.63, 3.8) is 0 Å². The molecule has 0 atom stereocenters. The minimum atomic E-state index is -4.15. The molecule has 0 unspecified atom stereocenters. The molecule has 0 aliphatic carbocycles. The van der Waals surface area contributed by atoms with Crippen LogP contribution in [0.5, 0.6) is 5.88 Å². The van der Waals surface area contributed by atoms with Crippen molar-refractivity contribution in [1.82, 2.24) is 9.71 Å². The van der Waals surface area contributed by atoms with Crippen molar-refractivity contribution in [2.75, 3.05) is 7.11 Å². The molecule has 21 heavy (non-hydrogen) atoms. The van der Waals surface area contributed by atoms with Gasteiger partial charge in [0, 0.05) is 18.8 Å². The second-order valence-corrected chi connectivity index (χ2v) is 5.84. The number of methoxy groups -OCH3 is 1. The number of sulfonamides is 1. The highest BCUT2D eigenvalue weighted by Gasteiger charge is 2.19. The third-order valence-electron chi connectivity index (χ3n) is 2.66. The van der Waals surface area contributed by atoms with Crippen LogP contribution in [0, 0.1) is 11.6 Å². The van der Waals surface area contributed by atoms with Crippen molar-refractivity contribution in [2.24, 2.45) is 0 Å². The van der Waals surface area contributed by atoms with E-state index in [9.17, 15) is 17.2 Å². The number of benzene rings is 1. The summed E-state index contributed by atoms with van der Waals surface area (Å²) in [6.07, 6.45) is 1.42. The molecule has 0 saturated carbocycles. The minimum Gasteiger partial charge on any atom is -0.481 e. The number of aromatic nitrogens is 1. The van der Waals surface area contributed by atoms with Crippen molar-refractivity contribution >= 4 is 10.0 Å². The summed E-state index contributed by atoms with van der Waals surface area (Å²) in [5.41, 5.74) is 0.552. The Morgan fingerprint density at radius 2 is 2.00 bits per heavy atom. The van der Waals surface area contributed by atoms with Gasteiger partial charge in [-0.3, -0.25) is 0 Å². The first-order valence-corrected chi connectivity index (χ1v) is 7.34. The van der Waals surface area contributed by atoms with Gasteiger partial charge in [-0.1, -0.05) is 6.07 Å². The summed E-state index contributed by atoms with van der Waals surface area (Å²) in [6, 6.07) is 5.41. The minimum absolute atomic E-state index is 0.102. The number of pyridine rings is 1. The number of halogens is 2. The molecule has 0 radical (unpaired) electrons. The summed E-state index contributed by atoms with van der Waals surface area (Å²) < 4.78 is 57.4. The Morgan fingerprint density at radius 3 is 2.62 bits per heavy atom. The highest BCUT2D eigenvalue weighted by molar-refractivity contribution is 7.89. The highest BCUT2D eigenvalue weighted by atomic mass is 32.2. The fourth-order valence-electron chi connectivity index (χ4n) is 1.58. The number of ether oxygens (including phenoxy) is 1. The maximum absolute atomic E-state index is 13.5. The van der Waals surface area contributed by atoms with Crippen LogP contribution in [-0.2, 0) is 16.6 Å². The zero-order valence-corrected chi connectivity index (χ0v) is 11.8. The Kier molecular flexibility index (Phi) is 4.49. The normalized spacial score (nSPS) is 11.4. The summed E-state index contributed by atoms with van der Waals surface area (Å²) in [5, 5.41) is 0. The van der Waals surface area contributed by atoms with Gasteiger partial charge in [0.05, 0.1) is 7.11 Å². The van der Waals surface area contributed by atoms with Gasteiger partial charge in [-0.15, -0.1) is 0 Å². The lowest BCUT2D eigenvalue weighted by Crippen LogP contribution is -2.24. The van der Waals surface area contributed by atoms with Crippen LogP contribution in [0.3, 0.4) is 0 Å². The largest absolute Gasteiger partial charge is 0.481 e. The van der Waals surface area contributed by atoms with E-state index in [1.165, 1.54) is 13.3 Å². The van der Waals surface area contributed by atoms with Gasteiger partial charge < -0.3 is 4.74 Å². The summed E-state index contributed by atoms with van der Waals surface area (Å²) in [5.74, 6) is -1.46. The number of nitrogens with one attached hydrogen (secondary N) is 1. The first-order chi connectivity index (χ1) is 9.92. The van der Waals surface area contributed by atoms with Crippen LogP contribution in [0.25, 0.3) is 0 Å². The first-order valence-electron chi connectivity index (χ1n) is 5.86. The SMILES string of the molecule is COc1ccc(CNS(=O)(=O)c2cc(F)ccc2F)cn1. The molecule has 0 saturated heterocycles. The Bertz CT molecular complexity index is 734. The zero-order chi connectivity index (χ0) is 15.5. The molecule has 0 aliphatic rings. The van der Waals surface area contributed by atoms with E-state index >= 15 is 0 Å². The van der Waals surface area contributed by atoms with E-state index < -0.39 is 26.6 Å². The Morgan fingerprint density at radius 1 is 1.24 bits per heavy atom. The summed E-state index contributed by atoms with van der Waals surface area (Å²) in [6.45, 7) is -0.102. The number of nitrogens with zero attached hydrogens (tertiary/aromatic N) is 1. The fourth-order valence-corrected chi connectivity index (χ4v) is 2.68. The van der Waals surface area contributed by atoms with Crippen molar-refractivity contribution in [2.45, 2.75) is 11.4 Å². The van der Waals surface area contributed by atoms with Gasteiger partial charge in [-0.25, -0.2) is 26.9 Å². The van der Waals surface area contributed by atoms with E-state index in [4.69, 9.17) is 4.74 Å². The predicted octanol–water partition coefficient (Wildman–Crippen LogP) is 1.85. The monoisotopic (exact) mass is 314 g/mol. The van der Waals surface area contributed by atoms with Gasteiger partial charge in [0.15, 0.2) is 0 Å². The lowest BCUT2D eigenvalue weighted by atomic mass is 10.3. The number of hydrogen-bond acceptors (Lipinski definition) is 4. The molecule has 1 N–H and O–H groups in total. The van der Waals surface area contributed by atoms with Crippen LogP contribution in [0.4, 0.5) is 8.78 Å². The molecule has 0 spiro atoms. The Labute approximate surface area is 120 Å². The van der Waals surface area contributed by atoms with Crippen molar-refractivity contribution < 1.29 is 21.9 Å². The average molecular weight is 314 g/mol. The van der Waals surface area contributed by atoms with Crippen LogP contribution >= 0.6 is 0 Å². The molecule has 5 nitrogen and oxygen atoms in total. The van der Waals surface area contributed by atoms with Gasteiger partial charge >= 0.3 is 0 Å². The van der Waals surface area contributed by atoms with Gasteiger partial charge in [0.2, 0.25) is 15.9 Å². The molecule has 112 valence electrons. The predicted molar refractivity (Wildman–Crippen MR) is 71.2 cm³/mol. The average Bonchev–Trinajstić information content (AvgIpc) is 2.48. The maximum atomic E-state index is 13.5. The van der Waals surface area contributed by atoms with Crippen molar-refractivity contribution in [3.8, 4) is 5.88 Å². The summed E-state index contributed by atoms with van der Waals surface area (Å²) in [4.78, 5) is 3.18. The topological polar surface area (TPSA) is 68.3 Å². The number of rotatable bonds is 5. The molecular weight excluding hydrogens is 302 g/mol. The highest BCUT2D eigenvalue weighted by Crippen LogP contribution is 2.16. The van der Waals surface area contributed by atoms with Gasteiger partial charge in [-0.2, -0.15) is 0 Å². The standard InChI is InChI=1S/C13H12F2N2O3S/c1-20-13-5-2-9(7-16-13)8-17-21(18,19)12-6-10(14)3-4-11(12)15/h2-7,17H,8H2,1H3. The molecular formula is C13H12F2N2O3S. The molecule has 2 rings (SSSR count). The third kappa shape index (κ3) is 3.73. The van der Waals surface area contributed by atoms with E-state index in [0.29, 0.717) is 17.5 Å². The van der Waals surface area contributed by atoms with Crippen molar-refractivity contribution in [3.05, 3.63) is 53.7 Å². The summed E-state index contributed by atoms with van der Waals surface area (Å²) >= 11 is 0. The number of hydrogen-bond donors (Lipinski definition) is 1. The molecule has 0 amide bonds. The molecule has 0 fully saturated rings. The Hall–Kier alpha value is -2.06.